The van der Waals surface area contributed by atoms with Crippen molar-refractivity contribution in [3.8, 4) is 0 Å². The van der Waals surface area contributed by atoms with E-state index in [2.05, 4.69) is 0 Å². The molecular formula is C9H5F3N2O4. The fraction of sp³-hybridized carbons (Fsp3) is 0.111. The Hall–Kier alpha value is -2.45. The number of hydrogen-bond acceptors (Lipinski definition) is 4. The molecule has 0 saturated carbocycles. The SMILES string of the molecule is NC(=O)c1cc([N+](=O)[O-])cc(C=O)c1C(F)(F)F. The van der Waals surface area contributed by atoms with Gasteiger partial charge in [0.2, 0.25) is 5.91 Å². The van der Waals surface area contributed by atoms with Crippen LogP contribution in [0.4, 0.5) is 18.9 Å². The Kier molecular flexibility index (Phi) is 3.35. The van der Waals surface area contributed by atoms with Crippen molar-refractivity contribution in [1.82, 2.24) is 0 Å². The van der Waals surface area contributed by atoms with Gasteiger partial charge in [-0.05, 0) is 0 Å². The molecule has 2 N–H and O–H groups in total. The molecule has 0 aliphatic heterocycles. The number of primary amides is 1. The van der Waals surface area contributed by atoms with E-state index in [1.165, 1.54) is 0 Å². The van der Waals surface area contributed by atoms with Crippen molar-refractivity contribution in [1.29, 1.82) is 0 Å². The first-order valence-electron chi connectivity index (χ1n) is 4.33. The molecule has 0 spiro atoms. The number of nitrogens with two attached hydrogens (primary N) is 1. The average Bonchev–Trinajstić information content (AvgIpc) is 2.25. The Morgan fingerprint density at radius 2 is 1.94 bits per heavy atom. The summed E-state index contributed by atoms with van der Waals surface area (Å²) in [6.45, 7) is 0. The molecule has 96 valence electrons. The van der Waals surface area contributed by atoms with Crippen molar-refractivity contribution in [2.45, 2.75) is 6.18 Å². The van der Waals surface area contributed by atoms with Gasteiger partial charge >= 0.3 is 6.18 Å². The van der Waals surface area contributed by atoms with Crippen LogP contribution >= 0.6 is 0 Å². The summed E-state index contributed by atoms with van der Waals surface area (Å²) in [7, 11) is 0. The van der Waals surface area contributed by atoms with Crippen molar-refractivity contribution >= 4 is 17.9 Å². The molecule has 1 aromatic rings. The normalized spacial score (nSPS) is 11.1. The van der Waals surface area contributed by atoms with Crippen molar-refractivity contribution in [3.63, 3.8) is 0 Å². The maximum Gasteiger partial charge on any atom is 0.417 e. The van der Waals surface area contributed by atoms with Gasteiger partial charge in [0.25, 0.3) is 5.69 Å². The monoisotopic (exact) mass is 262 g/mol. The molecule has 1 amide bonds. The van der Waals surface area contributed by atoms with E-state index in [1.807, 2.05) is 0 Å². The minimum atomic E-state index is -5.02. The first-order chi connectivity index (χ1) is 8.18. The van der Waals surface area contributed by atoms with Gasteiger partial charge in [0.15, 0.2) is 6.29 Å². The second kappa shape index (κ2) is 4.43. The highest BCUT2D eigenvalue weighted by Crippen LogP contribution is 2.36. The number of nitrogens with zero attached hydrogens (tertiary/aromatic N) is 1. The number of rotatable bonds is 3. The van der Waals surface area contributed by atoms with Crippen LogP contribution in [0.5, 0.6) is 0 Å². The van der Waals surface area contributed by atoms with Gasteiger partial charge in [-0.25, -0.2) is 0 Å². The maximum absolute atomic E-state index is 12.7. The molecule has 9 heteroatoms. The van der Waals surface area contributed by atoms with E-state index < -0.39 is 39.4 Å². The van der Waals surface area contributed by atoms with E-state index in [0.29, 0.717) is 12.1 Å². The molecule has 0 heterocycles. The van der Waals surface area contributed by atoms with Gasteiger partial charge in [-0.15, -0.1) is 0 Å². The topological polar surface area (TPSA) is 103 Å². The van der Waals surface area contributed by atoms with Gasteiger partial charge in [-0.2, -0.15) is 13.2 Å². The van der Waals surface area contributed by atoms with Gasteiger partial charge in [-0.3, -0.25) is 19.7 Å². The lowest BCUT2D eigenvalue weighted by Gasteiger charge is -2.12. The summed E-state index contributed by atoms with van der Waals surface area (Å²) in [5.41, 5.74) is 0.211. The third kappa shape index (κ3) is 2.44. The molecule has 0 saturated heterocycles. The number of amides is 1. The predicted molar refractivity (Wildman–Crippen MR) is 52.0 cm³/mol. The zero-order chi connectivity index (χ0) is 14.1. The molecule has 0 radical (unpaired) electrons. The lowest BCUT2D eigenvalue weighted by Crippen LogP contribution is -2.21. The summed E-state index contributed by atoms with van der Waals surface area (Å²) in [5.74, 6) is -1.51. The van der Waals surface area contributed by atoms with E-state index >= 15 is 0 Å². The van der Waals surface area contributed by atoms with Gasteiger partial charge in [0, 0.05) is 17.7 Å². The first-order valence-corrected chi connectivity index (χ1v) is 4.33. The number of carbonyl (C=O) groups excluding carboxylic acids is 2. The molecule has 0 aliphatic carbocycles. The zero-order valence-electron chi connectivity index (χ0n) is 8.52. The number of benzene rings is 1. The zero-order valence-corrected chi connectivity index (χ0v) is 8.52. The smallest absolute Gasteiger partial charge is 0.366 e. The summed E-state index contributed by atoms with van der Waals surface area (Å²) in [4.78, 5) is 30.9. The highest BCUT2D eigenvalue weighted by atomic mass is 19.4. The summed E-state index contributed by atoms with van der Waals surface area (Å²) in [6.07, 6.45) is -5.24. The Labute approximate surface area is 97.3 Å². The fourth-order valence-corrected chi connectivity index (χ4v) is 1.36. The molecule has 1 aromatic carbocycles. The third-order valence-corrected chi connectivity index (χ3v) is 2.04. The number of hydrogen-bond donors (Lipinski definition) is 1. The van der Waals surface area contributed by atoms with Crippen LogP contribution < -0.4 is 5.73 Å². The highest BCUT2D eigenvalue weighted by Gasteiger charge is 2.39. The first kappa shape index (κ1) is 13.6. The van der Waals surface area contributed by atoms with E-state index in [1.54, 1.807) is 0 Å². The standard InChI is InChI=1S/C9H5F3N2O4/c10-9(11,12)7-4(3-15)1-5(14(17)18)2-6(7)8(13)16/h1-3H,(H2,13,16). The van der Waals surface area contributed by atoms with E-state index in [9.17, 15) is 32.9 Å². The van der Waals surface area contributed by atoms with E-state index in [-0.39, 0.29) is 6.29 Å². The van der Waals surface area contributed by atoms with Crippen molar-refractivity contribution < 1.29 is 27.7 Å². The molecule has 18 heavy (non-hydrogen) atoms. The second-order valence-corrected chi connectivity index (χ2v) is 3.19. The molecule has 0 unspecified atom stereocenters. The summed E-state index contributed by atoms with van der Waals surface area (Å²) < 4.78 is 38.0. The second-order valence-electron chi connectivity index (χ2n) is 3.19. The Bertz CT molecular complexity index is 539. The number of alkyl halides is 3. The number of non-ortho nitro benzene ring substituents is 1. The molecule has 6 nitrogen and oxygen atoms in total. The van der Waals surface area contributed by atoms with Gasteiger partial charge in [-0.1, -0.05) is 0 Å². The van der Waals surface area contributed by atoms with Crippen molar-refractivity contribution in [3.05, 3.63) is 38.9 Å². The molecule has 0 aromatic heterocycles. The third-order valence-electron chi connectivity index (χ3n) is 2.04. The molecule has 0 bridgehead atoms. The average molecular weight is 262 g/mol. The summed E-state index contributed by atoms with van der Waals surface area (Å²) in [6, 6.07) is 0.820. The van der Waals surface area contributed by atoms with Gasteiger partial charge in [0.1, 0.15) is 0 Å². The number of aldehydes is 1. The predicted octanol–water partition coefficient (Wildman–Crippen LogP) is 1.52. The number of nitro benzene ring substituents is 1. The Morgan fingerprint density at radius 1 is 1.39 bits per heavy atom. The van der Waals surface area contributed by atoms with Crippen LogP contribution in [0.25, 0.3) is 0 Å². The van der Waals surface area contributed by atoms with Crippen LogP contribution in [0.2, 0.25) is 0 Å². The number of carbonyl (C=O) groups is 2. The maximum atomic E-state index is 12.7. The van der Waals surface area contributed by atoms with Crippen molar-refractivity contribution in [2.75, 3.05) is 0 Å². The van der Waals surface area contributed by atoms with Crippen LogP contribution in [-0.4, -0.2) is 17.1 Å². The van der Waals surface area contributed by atoms with Gasteiger partial charge < -0.3 is 5.73 Å². The van der Waals surface area contributed by atoms with E-state index in [0.717, 1.165) is 0 Å². The molecule has 0 atom stereocenters. The lowest BCUT2D eigenvalue weighted by atomic mass is 9.99. The largest absolute Gasteiger partial charge is 0.417 e. The Morgan fingerprint density at radius 3 is 2.28 bits per heavy atom. The molecule has 0 fully saturated rings. The summed E-state index contributed by atoms with van der Waals surface area (Å²) >= 11 is 0. The fourth-order valence-electron chi connectivity index (χ4n) is 1.36. The van der Waals surface area contributed by atoms with Crippen LogP contribution in [0.3, 0.4) is 0 Å². The molecule has 1 rings (SSSR count). The summed E-state index contributed by atoms with van der Waals surface area (Å²) in [5, 5.41) is 10.5. The Balaban J connectivity index is 3.73. The van der Waals surface area contributed by atoms with E-state index in [4.69, 9.17) is 5.73 Å². The quantitative estimate of drug-likeness (QED) is 0.506. The minimum absolute atomic E-state index is 0.220. The lowest BCUT2D eigenvalue weighted by molar-refractivity contribution is -0.384. The molecular weight excluding hydrogens is 257 g/mol. The minimum Gasteiger partial charge on any atom is -0.366 e. The van der Waals surface area contributed by atoms with Crippen LogP contribution in [0, 0.1) is 10.1 Å². The highest BCUT2D eigenvalue weighted by molar-refractivity contribution is 5.98. The van der Waals surface area contributed by atoms with Gasteiger partial charge in [0.05, 0.1) is 16.1 Å². The van der Waals surface area contributed by atoms with Crippen molar-refractivity contribution in [2.24, 2.45) is 5.73 Å². The van der Waals surface area contributed by atoms with Crippen LogP contribution in [0.1, 0.15) is 26.3 Å². The van der Waals surface area contributed by atoms with Crippen LogP contribution in [-0.2, 0) is 6.18 Å². The van der Waals surface area contributed by atoms with Crippen LogP contribution in [0.15, 0.2) is 12.1 Å². The number of halogens is 3. The molecule has 0 aliphatic rings. The number of nitro groups is 1.